The highest BCUT2D eigenvalue weighted by Crippen LogP contribution is 2.16. The number of rotatable bonds is 4. The van der Waals surface area contributed by atoms with Gasteiger partial charge in [0.05, 0.1) is 6.54 Å². The van der Waals surface area contributed by atoms with E-state index in [2.05, 4.69) is 30.7 Å². The maximum Gasteiger partial charge on any atom is 0.317 e. The van der Waals surface area contributed by atoms with E-state index in [1.165, 1.54) is 6.42 Å². The fourth-order valence-corrected chi connectivity index (χ4v) is 2.30. The van der Waals surface area contributed by atoms with Crippen molar-refractivity contribution in [2.75, 3.05) is 26.7 Å². The predicted molar refractivity (Wildman–Crippen MR) is 60.0 cm³/mol. The molecule has 1 rings (SSSR count). The molecule has 0 spiro atoms. The molecule has 0 saturated carbocycles. The summed E-state index contributed by atoms with van der Waals surface area (Å²) in [6.07, 6.45) is 2.29. The Bertz CT molecular complexity index is 219. The van der Waals surface area contributed by atoms with E-state index in [9.17, 15) is 4.79 Å². The number of carbonyl (C=O) groups is 1. The second-order valence-corrected chi connectivity index (χ2v) is 4.72. The van der Waals surface area contributed by atoms with Gasteiger partial charge >= 0.3 is 5.97 Å². The van der Waals surface area contributed by atoms with Gasteiger partial charge in [-0.3, -0.25) is 9.69 Å². The second-order valence-electron chi connectivity index (χ2n) is 4.72. The largest absolute Gasteiger partial charge is 0.480 e. The van der Waals surface area contributed by atoms with Crippen LogP contribution in [-0.4, -0.2) is 59.6 Å². The van der Waals surface area contributed by atoms with Gasteiger partial charge in [0.25, 0.3) is 0 Å². The fraction of sp³-hybridized carbons (Fsp3) is 0.909. The van der Waals surface area contributed by atoms with Crippen LogP contribution >= 0.6 is 0 Å². The number of carboxylic acid groups (broad SMARTS) is 1. The quantitative estimate of drug-likeness (QED) is 0.754. The summed E-state index contributed by atoms with van der Waals surface area (Å²) in [5.41, 5.74) is 0. The molecule has 1 heterocycles. The maximum atomic E-state index is 10.8. The third kappa shape index (κ3) is 3.80. The van der Waals surface area contributed by atoms with Crippen LogP contribution in [0.4, 0.5) is 0 Å². The SMILES string of the molecule is CC(C)N(CC(=O)O)[C@H]1CCCN(C)C1. The Balaban J connectivity index is 2.57. The van der Waals surface area contributed by atoms with Gasteiger partial charge in [-0.2, -0.15) is 0 Å². The molecule has 0 aliphatic carbocycles. The van der Waals surface area contributed by atoms with Crippen LogP contribution in [0.3, 0.4) is 0 Å². The maximum absolute atomic E-state index is 10.8. The lowest BCUT2D eigenvalue weighted by atomic mass is 10.0. The van der Waals surface area contributed by atoms with Crippen LogP contribution in [0.25, 0.3) is 0 Å². The Morgan fingerprint density at radius 2 is 2.27 bits per heavy atom. The van der Waals surface area contributed by atoms with Crippen molar-refractivity contribution in [2.45, 2.75) is 38.8 Å². The summed E-state index contributed by atoms with van der Waals surface area (Å²) in [4.78, 5) is 15.2. The molecule has 0 bridgehead atoms. The van der Waals surface area contributed by atoms with Gasteiger partial charge in [0.1, 0.15) is 0 Å². The number of hydrogen-bond acceptors (Lipinski definition) is 3. The molecule has 1 aliphatic rings. The van der Waals surface area contributed by atoms with Gasteiger partial charge in [0, 0.05) is 18.6 Å². The van der Waals surface area contributed by atoms with Crippen molar-refractivity contribution in [1.29, 1.82) is 0 Å². The number of aliphatic carboxylic acids is 1. The average molecular weight is 214 g/mol. The van der Waals surface area contributed by atoms with E-state index >= 15 is 0 Å². The number of likely N-dealkylation sites (tertiary alicyclic amines) is 1. The molecule has 15 heavy (non-hydrogen) atoms. The Morgan fingerprint density at radius 1 is 1.60 bits per heavy atom. The molecule has 0 aromatic heterocycles. The standard InChI is InChI=1S/C11H22N2O2/c1-9(2)13(8-11(14)15)10-5-4-6-12(3)7-10/h9-10H,4-8H2,1-3H3,(H,14,15)/t10-/m0/s1. The van der Waals surface area contributed by atoms with Crippen molar-refractivity contribution in [1.82, 2.24) is 9.80 Å². The summed E-state index contributed by atoms with van der Waals surface area (Å²) in [6, 6.07) is 0.706. The van der Waals surface area contributed by atoms with E-state index in [0.29, 0.717) is 12.1 Å². The molecule has 1 fully saturated rings. The molecule has 0 aromatic carbocycles. The van der Waals surface area contributed by atoms with Gasteiger partial charge in [-0.25, -0.2) is 0 Å². The van der Waals surface area contributed by atoms with Crippen LogP contribution in [0.1, 0.15) is 26.7 Å². The first-order chi connectivity index (χ1) is 7.00. The Kier molecular flexibility index (Phi) is 4.54. The minimum atomic E-state index is -0.725. The topological polar surface area (TPSA) is 43.8 Å². The molecular weight excluding hydrogens is 192 g/mol. The summed E-state index contributed by atoms with van der Waals surface area (Å²) in [5.74, 6) is -0.725. The highest BCUT2D eigenvalue weighted by Gasteiger charge is 2.26. The molecule has 4 nitrogen and oxygen atoms in total. The molecule has 0 amide bonds. The van der Waals surface area contributed by atoms with Gasteiger partial charge in [-0.05, 0) is 40.3 Å². The molecule has 1 saturated heterocycles. The fourth-order valence-electron chi connectivity index (χ4n) is 2.30. The number of carboxylic acids is 1. The van der Waals surface area contributed by atoms with E-state index in [1.807, 2.05) is 0 Å². The van der Waals surface area contributed by atoms with Gasteiger partial charge in [-0.1, -0.05) is 0 Å². The van der Waals surface area contributed by atoms with Crippen LogP contribution in [0, 0.1) is 0 Å². The highest BCUT2D eigenvalue weighted by atomic mass is 16.4. The lowest BCUT2D eigenvalue weighted by molar-refractivity contribution is -0.139. The zero-order valence-electron chi connectivity index (χ0n) is 9.94. The third-order valence-electron chi connectivity index (χ3n) is 3.05. The van der Waals surface area contributed by atoms with Crippen molar-refractivity contribution in [3.63, 3.8) is 0 Å². The lowest BCUT2D eigenvalue weighted by Gasteiger charge is -2.39. The molecule has 88 valence electrons. The van der Waals surface area contributed by atoms with Crippen molar-refractivity contribution in [3.05, 3.63) is 0 Å². The summed E-state index contributed by atoms with van der Waals surface area (Å²) < 4.78 is 0. The van der Waals surface area contributed by atoms with E-state index in [0.717, 1.165) is 19.5 Å². The molecule has 0 aromatic rings. The highest BCUT2D eigenvalue weighted by molar-refractivity contribution is 5.69. The van der Waals surface area contributed by atoms with E-state index in [4.69, 9.17) is 5.11 Å². The number of hydrogen-bond donors (Lipinski definition) is 1. The van der Waals surface area contributed by atoms with Crippen LogP contribution in [0.5, 0.6) is 0 Å². The average Bonchev–Trinajstić information content (AvgIpc) is 2.13. The van der Waals surface area contributed by atoms with Crippen LogP contribution in [-0.2, 0) is 4.79 Å². The Hall–Kier alpha value is -0.610. The minimum Gasteiger partial charge on any atom is -0.480 e. The van der Waals surface area contributed by atoms with Gasteiger partial charge in [0.2, 0.25) is 0 Å². The lowest BCUT2D eigenvalue weighted by Crippen LogP contribution is -2.51. The molecule has 4 heteroatoms. The zero-order chi connectivity index (χ0) is 11.4. The zero-order valence-corrected chi connectivity index (χ0v) is 9.94. The van der Waals surface area contributed by atoms with Gasteiger partial charge < -0.3 is 10.0 Å². The monoisotopic (exact) mass is 214 g/mol. The van der Waals surface area contributed by atoms with Crippen LogP contribution < -0.4 is 0 Å². The van der Waals surface area contributed by atoms with Crippen molar-refractivity contribution >= 4 is 5.97 Å². The number of nitrogens with zero attached hydrogens (tertiary/aromatic N) is 2. The summed E-state index contributed by atoms with van der Waals surface area (Å²) in [6.45, 7) is 6.42. The number of likely N-dealkylation sites (N-methyl/N-ethyl adjacent to an activating group) is 1. The molecule has 1 N–H and O–H groups in total. The van der Waals surface area contributed by atoms with Crippen molar-refractivity contribution in [2.24, 2.45) is 0 Å². The van der Waals surface area contributed by atoms with Crippen molar-refractivity contribution in [3.8, 4) is 0 Å². The summed E-state index contributed by atoms with van der Waals surface area (Å²) in [5, 5.41) is 8.87. The van der Waals surface area contributed by atoms with Crippen LogP contribution in [0.2, 0.25) is 0 Å². The molecule has 0 unspecified atom stereocenters. The van der Waals surface area contributed by atoms with Gasteiger partial charge in [-0.15, -0.1) is 0 Å². The molecule has 1 atom stereocenters. The first-order valence-corrected chi connectivity index (χ1v) is 5.66. The van der Waals surface area contributed by atoms with Crippen molar-refractivity contribution < 1.29 is 9.90 Å². The van der Waals surface area contributed by atoms with Gasteiger partial charge in [0.15, 0.2) is 0 Å². The molecule has 0 radical (unpaired) electrons. The second kappa shape index (κ2) is 5.47. The van der Waals surface area contributed by atoms with E-state index in [1.54, 1.807) is 0 Å². The first-order valence-electron chi connectivity index (χ1n) is 5.66. The Labute approximate surface area is 91.9 Å². The van der Waals surface area contributed by atoms with E-state index < -0.39 is 5.97 Å². The minimum absolute atomic E-state index is 0.163. The first kappa shape index (κ1) is 12.5. The molecular formula is C11H22N2O2. The van der Waals surface area contributed by atoms with E-state index in [-0.39, 0.29) is 6.54 Å². The Morgan fingerprint density at radius 3 is 2.73 bits per heavy atom. The third-order valence-corrected chi connectivity index (χ3v) is 3.05. The smallest absolute Gasteiger partial charge is 0.317 e. The van der Waals surface area contributed by atoms with Crippen LogP contribution in [0.15, 0.2) is 0 Å². The normalized spacial score (nSPS) is 23.7. The number of piperidine rings is 1. The predicted octanol–water partition coefficient (Wildman–Crippen LogP) is 0.876. The molecule has 1 aliphatic heterocycles. The summed E-state index contributed by atoms with van der Waals surface area (Å²) in [7, 11) is 2.10. The summed E-state index contributed by atoms with van der Waals surface area (Å²) >= 11 is 0.